The first-order chi connectivity index (χ1) is 7.13. The van der Waals surface area contributed by atoms with Crippen molar-refractivity contribution in [1.29, 1.82) is 0 Å². The summed E-state index contributed by atoms with van der Waals surface area (Å²) in [4.78, 5) is 10.6. The zero-order valence-corrected chi connectivity index (χ0v) is 9.82. The maximum atomic E-state index is 10.6. The van der Waals surface area contributed by atoms with E-state index < -0.39 is 6.09 Å². The number of benzene rings is 1. The molecule has 0 heterocycles. The second-order valence-corrected chi connectivity index (χ2v) is 3.93. The summed E-state index contributed by atoms with van der Waals surface area (Å²) in [6.45, 7) is 0.308. The molecular formula is C10H12BrNO3. The van der Waals surface area contributed by atoms with Gasteiger partial charge in [0.05, 0.1) is 12.6 Å². The second-order valence-electron chi connectivity index (χ2n) is 3.01. The topological polar surface area (TPSA) is 58.6 Å². The maximum Gasteiger partial charge on any atom is 0.405 e. The quantitative estimate of drug-likeness (QED) is 0.886. The minimum atomic E-state index is -1.06. The molecule has 4 nitrogen and oxygen atoms in total. The summed E-state index contributed by atoms with van der Waals surface area (Å²) in [5.74, 6) is 0. The van der Waals surface area contributed by atoms with Gasteiger partial charge in [0.25, 0.3) is 0 Å². The minimum Gasteiger partial charge on any atom is -0.465 e. The smallest absolute Gasteiger partial charge is 0.405 e. The molecule has 0 saturated heterocycles. The lowest BCUT2D eigenvalue weighted by molar-refractivity contribution is 0.152. The molecule has 0 bridgehead atoms. The van der Waals surface area contributed by atoms with Crippen LogP contribution < -0.4 is 5.32 Å². The van der Waals surface area contributed by atoms with Gasteiger partial charge in [0.15, 0.2) is 0 Å². The van der Waals surface area contributed by atoms with Gasteiger partial charge in [0.2, 0.25) is 0 Å². The van der Waals surface area contributed by atoms with Crippen molar-refractivity contribution in [1.82, 2.24) is 5.32 Å². The lowest BCUT2D eigenvalue weighted by atomic mass is 10.1. The summed E-state index contributed by atoms with van der Waals surface area (Å²) >= 11 is 3.33. The molecule has 0 aromatic heterocycles. The first-order valence-electron chi connectivity index (χ1n) is 4.37. The van der Waals surface area contributed by atoms with Crippen LogP contribution in [-0.2, 0) is 4.74 Å². The zero-order valence-electron chi connectivity index (χ0n) is 8.24. The van der Waals surface area contributed by atoms with Crippen molar-refractivity contribution in [2.75, 3.05) is 13.7 Å². The van der Waals surface area contributed by atoms with Crippen molar-refractivity contribution < 1.29 is 14.6 Å². The molecule has 2 N–H and O–H groups in total. The van der Waals surface area contributed by atoms with Crippen molar-refractivity contribution in [3.05, 3.63) is 34.3 Å². The number of hydrogen-bond donors (Lipinski definition) is 2. The van der Waals surface area contributed by atoms with Crippen LogP contribution >= 0.6 is 15.9 Å². The number of carbonyl (C=O) groups is 1. The Labute approximate surface area is 96.4 Å². The van der Waals surface area contributed by atoms with Crippen LogP contribution in [0.1, 0.15) is 11.6 Å². The van der Waals surface area contributed by atoms with Crippen molar-refractivity contribution in [2.45, 2.75) is 6.04 Å². The molecule has 0 aliphatic rings. The highest BCUT2D eigenvalue weighted by molar-refractivity contribution is 9.10. The Hall–Kier alpha value is -1.07. The van der Waals surface area contributed by atoms with E-state index in [-0.39, 0.29) is 6.04 Å². The number of methoxy groups -OCH3 is 1. The van der Waals surface area contributed by atoms with Gasteiger partial charge in [-0.2, -0.15) is 0 Å². The fraction of sp³-hybridized carbons (Fsp3) is 0.300. The van der Waals surface area contributed by atoms with E-state index in [4.69, 9.17) is 9.84 Å². The van der Waals surface area contributed by atoms with Gasteiger partial charge in [-0.05, 0) is 17.7 Å². The van der Waals surface area contributed by atoms with E-state index in [1.165, 1.54) is 7.11 Å². The fourth-order valence-corrected chi connectivity index (χ4v) is 1.68. The Balaban J connectivity index is 2.83. The summed E-state index contributed by atoms with van der Waals surface area (Å²) in [7, 11) is 1.54. The minimum absolute atomic E-state index is 0.308. The third kappa shape index (κ3) is 3.89. The highest BCUT2D eigenvalue weighted by Crippen LogP contribution is 2.18. The van der Waals surface area contributed by atoms with Crippen LogP contribution in [-0.4, -0.2) is 24.9 Å². The van der Waals surface area contributed by atoms with E-state index in [9.17, 15) is 4.79 Å². The third-order valence-corrected chi connectivity index (χ3v) is 2.38. The molecule has 0 aliphatic carbocycles. The summed E-state index contributed by atoms with van der Waals surface area (Å²) in [5, 5.41) is 11.1. The molecule has 15 heavy (non-hydrogen) atoms. The summed E-state index contributed by atoms with van der Waals surface area (Å²) < 4.78 is 5.87. The average molecular weight is 274 g/mol. The standard InChI is InChI=1S/C10H12BrNO3/c1-15-6-9(12-10(13)14)7-3-2-4-8(11)5-7/h2-5,9,12H,6H2,1H3,(H,13,14). The zero-order chi connectivity index (χ0) is 11.3. The fourth-order valence-electron chi connectivity index (χ4n) is 1.26. The van der Waals surface area contributed by atoms with Gasteiger partial charge >= 0.3 is 6.09 Å². The molecule has 0 aliphatic heterocycles. The first-order valence-corrected chi connectivity index (χ1v) is 5.16. The SMILES string of the molecule is COCC(NC(=O)O)c1cccc(Br)c1. The van der Waals surface area contributed by atoms with Crippen LogP contribution in [0.4, 0.5) is 4.79 Å². The van der Waals surface area contributed by atoms with Gasteiger partial charge in [-0.3, -0.25) is 0 Å². The number of hydrogen-bond acceptors (Lipinski definition) is 2. The Morgan fingerprint density at radius 1 is 1.67 bits per heavy atom. The Bertz CT molecular complexity index is 343. The molecule has 1 rings (SSSR count). The number of amides is 1. The van der Waals surface area contributed by atoms with E-state index in [1.54, 1.807) is 0 Å². The van der Waals surface area contributed by atoms with Crippen molar-refractivity contribution in [3.8, 4) is 0 Å². The Morgan fingerprint density at radius 2 is 2.40 bits per heavy atom. The third-order valence-electron chi connectivity index (χ3n) is 1.88. The Kier molecular flexibility index (Phi) is 4.58. The number of carboxylic acid groups (broad SMARTS) is 1. The molecule has 1 amide bonds. The molecule has 0 radical (unpaired) electrons. The van der Waals surface area contributed by atoms with Crippen molar-refractivity contribution >= 4 is 22.0 Å². The van der Waals surface area contributed by atoms with Crippen LogP contribution in [0.25, 0.3) is 0 Å². The van der Waals surface area contributed by atoms with Gasteiger partial charge in [-0.1, -0.05) is 28.1 Å². The molecule has 0 saturated carbocycles. The molecule has 1 aromatic carbocycles. The van der Waals surface area contributed by atoms with Crippen LogP contribution in [0.3, 0.4) is 0 Å². The van der Waals surface area contributed by atoms with Crippen molar-refractivity contribution in [3.63, 3.8) is 0 Å². The molecule has 1 aromatic rings. The Morgan fingerprint density at radius 3 is 2.93 bits per heavy atom. The van der Waals surface area contributed by atoms with E-state index in [2.05, 4.69) is 21.2 Å². The van der Waals surface area contributed by atoms with E-state index in [1.807, 2.05) is 24.3 Å². The molecule has 1 unspecified atom stereocenters. The highest BCUT2D eigenvalue weighted by Gasteiger charge is 2.13. The highest BCUT2D eigenvalue weighted by atomic mass is 79.9. The summed E-state index contributed by atoms with van der Waals surface area (Å²) in [5.41, 5.74) is 0.869. The van der Waals surface area contributed by atoms with Gasteiger partial charge in [-0.15, -0.1) is 0 Å². The largest absolute Gasteiger partial charge is 0.465 e. The van der Waals surface area contributed by atoms with Crippen LogP contribution in [0.5, 0.6) is 0 Å². The van der Waals surface area contributed by atoms with Gasteiger partial charge < -0.3 is 15.2 Å². The number of rotatable bonds is 4. The summed E-state index contributed by atoms with van der Waals surface area (Å²) in [6.07, 6.45) is -1.06. The molecule has 82 valence electrons. The molecule has 1 atom stereocenters. The normalized spacial score (nSPS) is 12.1. The first kappa shape index (κ1) is 12.0. The van der Waals surface area contributed by atoms with E-state index in [0.717, 1.165) is 10.0 Å². The van der Waals surface area contributed by atoms with Crippen LogP contribution in [0.15, 0.2) is 28.7 Å². The number of ether oxygens (including phenoxy) is 1. The number of nitrogens with one attached hydrogen (secondary N) is 1. The lowest BCUT2D eigenvalue weighted by Crippen LogP contribution is -2.29. The summed E-state index contributed by atoms with van der Waals surface area (Å²) in [6, 6.07) is 7.11. The predicted octanol–water partition coefficient (Wildman–Crippen LogP) is 2.40. The van der Waals surface area contributed by atoms with Gasteiger partial charge in [-0.25, -0.2) is 4.79 Å². The van der Waals surface area contributed by atoms with Crippen LogP contribution in [0.2, 0.25) is 0 Å². The lowest BCUT2D eigenvalue weighted by Gasteiger charge is -2.16. The average Bonchev–Trinajstić information content (AvgIpc) is 2.16. The maximum absolute atomic E-state index is 10.6. The molecule has 5 heteroatoms. The van der Waals surface area contributed by atoms with Crippen molar-refractivity contribution in [2.24, 2.45) is 0 Å². The van der Waals surface area contributed by atoms with Gasteiger partial charge in [0, 0.05) is 11.6 Å². The molecular weight excluding hydrogens is 262 g/mol. The van der Waals surface area contributed by atoms with E-state index in [0.29, 0.717) is 6.61 Å². The molecule has 0 spiro atoms. The van der Waals surface area contributed by atoms with E-state index >= 15 is 0 Å². The number of halogens is 1. The van der Waals surface area contributed by atoms with Gasteiger partial charge in [0.1, 0.15) is 0 Å². The second kappa shape index (κ2) is 5.72. The molecule has 0 fully saturated rings. The monoisotopic (exact) mass is 273 g/mol. The predicted molar refractivity (Wildman–Crippen MR) is 59.9 cm³/mol. The van der Waals surface area contributed by atoms with Crippen LogP contribution in [0, 0.1) is 0 Å².